The van der Waals surface area contributed by atoms with Crippen molar-refractivity contribution in [3.63, 3.8) is 0 Å². The number of thiophene rings is 1. The monoisotopic (exact) mass is 718 g/mol. The van der Waals surface area contributed by atoms with Crippen molar-refractivity contribution in [3.8, 4) is 27.9 Å². The molecule has 0 spiro atoms. The highest BCUT2D eigenvalue weighted by Crippen LogP contribution is 2.46. The highest BCUT2D eigenvalue weighted by atomic mass is 32.1. The van der Waals surface area contributed by atoms with Crippen LogP contribution < -0.4 is 4.90 Å². The van der Waals surface area contributed by atoms with Crippen molar-refractivity contribution in [2.24, 2.45) is 0 Å². The second-order valence-corrected chi connectivity index (χ2v) is 15.2. The number of hydrogen-bond donors (Lipinski definition) is 0. The lowest BCUT2D eigenvalue weighted by Gasteiger charge is -2.29. The first-order valence-corrected chi connectivity index (χ1v) is 19.6. The van der Waals surface area contributed by atoms with Gasteiger partial charge in [0.25, 0.3) is 0 Å². The highest BCUT2D eigenvalue weighted by Gasteiger charge is 2.22. The van der Waals surface area contributed by atoms with Gasteiger partial charge in [-0.2, -0.15) is 0 Å². The van der Waals surface area contributed by atoms with E-state index in [2.05, 4.69) is 216 Å². The third-order valence-corrected chi connectivity index (χ3v) is 12.1. The maximum Gasteiger partial charge on any atom is 0.0562 e. The van der Waals surface area contributed by atoms with Crippen molar-refractivity contribution < 1.29 is 0 Å². The van der Waals surface area contributed by atoms with Crippen molar-refractivity contribution in [2.45, 2.75) is 0 Å². The number of rotatable bonds is 6. The van der Waals surface area contributed by atoms with Crippen LogP contribution in [0, 0.1) is 0 Å². The predicted molar refractivity (Wildman–Crippen MR) is 237 cm³/mol. The predicted octanol–water partition coefficient (Wildman–Crippen LogP) is 15.1. The van der Waals surface area contributed by atoms with Gasteiger partial charge in [0.05, 0.1) is 28.1 Å². The second kappa shape index (κ2) is 12.9. The Labute approximate surface area is 323 Å². The number of nitrogens with zero attached hydrogens (tertiary/aromatic N) is 2. The number of anilines is 3. The van der Waals surface area contributed by atoms with E-state index in [0.29, 0.717) is 0 Å². The summed E-state index contributed by atoms with van der Waals surface area (Å²) >= 11 is 1.86. The number of para-hydroxylation sites is 3. The molecule has 258 valence electrons. The molecule has 2 aromatic heterocycles. The minimum atomic E-state index is 1.10. The third-order valence-electron chi connectivity index (χ3n) is 11.0. The van der Waals surface area contributed by atoms with Gasteiger partial charge in [0.1, 0.15) is 0 Å². The number of hydrogen-bond acceptors (Lipinski definition) is 2. The van der Waals surface area contributed by atoms with Crippen LogP contribution in [0.1, 0.15) is 0 Å². The largest absolute Gasteiger partial charge is 0.309 e. The average Bonchev–Trinajstić information content (AvgIpc) is 3.79. The fourth-order valence-electron chi connectivity index (χ4n) is 8.51. The standard InChI is InChI=1S/C52H34N2S/c1-2-15-35(16-3-1)39-20-6-10-24-46(39)53(47-27-14-18-36-17-4-5-19-40(36)47)38-30-31-43-42-22-8-12-26-49(42)54(50(43)34-38)48-25-11-7-21-41(48)37-29-32-52-45(33-37)44-23-9-13-28-51(44)55-52/h1-34H. The van der Waals surface area contributed by atoms with Crippen LogP contribution in [0.5, 0.6) is 0 Å². The summed E-state index contributed by atoms with van der Waals surface area (Å²) in [5.74, 6) is 0. The quantitative estimate of drug-likeness (QED) is 0.166. The SMILES string of the molecule is c1ccc(-c2ccccc2N(c2ccc3c4ccccc4n(-c4ccccc4-c4ccc5sc6ccccc6c5c4)c3c2)c2cccc3ccccc23)cc1. The fourth-order valence-corrected chi connectivity index (χ4v) is 9.59. The van der Waals surface area contributed by atoms with Gasteiger partial charge in [0.2, 0.25) is 0 Å². The lowest BCUT2D eigenvalue weighted by Crippen LogP contribution is -2.12. The molecular weight excluding hydrogens is 685 g/mol. The molecule has 3 heteroatoms. The van der Waals surface area contributed by atoms with Crippen molar-refractivity contribution in [2.75, 3.05) is 4.90 Å². The van der Waals surface area contributed by atoms with Crippen LogP contribution in [0.2, 0.25) is 0 Å². The van der Waals surface area contributed by atoms with E-state index in [-0.39, 0.29) is 0 Å². The molecule has 0 aliphatic carbocycles. The van der Waals surface area contributed by atoms with Gasteiger partial charge < -0.3 is 9.47 Å². The summed E-state index contributed by atoms with van der Waals surface area (Å²) in [4.78, 5) is 2.45. The van der Waals surface area contributed by atoms with E-state index in [4.69, 9.17) is 0 Å². The summed E-state index contributed by atoms with van der Waals surface area (Å²) in [6.07, 6.45) is 0. The molecule has 0 saturated carbocycles. The van der Waals surface area contributed by atoms with Gasteiger partial charge in [0, 0.05) is 53.1 Å². The summed E-state index contributed by atoms with van der Waals surface area (Å²) < 4.78 is 5.11. The van der Waals surface area contributed by atoms with Crippen LogP contribution >= 0.6 is 11.3 Å². The maximum atomic E-state index is 2.48. The van der Waals surface area contributed by atoms with E-state index < -0.39 is 0 Å². The molecule has 0 aliphatic heterocycles. The Morgan fingerprint density at radius 3 is 1.93 bits per heavy atom. The molecule has 2 nitrogen and oxygen atoms in total. The Hall–Kier alpha value is -6.94. The Balaban J connectivity index is 1.18. The summed E-state index contributed by atoms with van der Waals surface area (Å²) in [5.41, 5.74) is 11.6. The first-order valence-electron chi connectivity index (χ1n) is 18.8. The second-order valence-electron chi connectivity index (χ2n) is 14.1. The van der Waals surface area contributed by atoms with Crippen molar-refractivity contribution in [3.05, 3.63) is 206 Å². The van der Waals surface area contributed by atoms with Crippen LogP contribution in [-0.2, 0) is 0 Å². The zero-order valence-electron chi connectivity index (χ0n) is 29.9. The van der Waals surface area contributed by atoms with Crippen LogP contribution in [0.15, 0.2) is 206 Å². The molecule has 0 radical (unpaired) electrons. The summed E-state index contributed by atoms with van der Waals surface area (Å²) in [6, 6.07) is 75.3. The van der Waals surface area contributed by atoms with E-state index >= 15 is 0 Å². The van der Waals surface area contributed by atoms with E-state index in [9.17, 15) is 0 Å². The maximum absolute atomic E-state index is 2.48. The lowest BCUT2D eigenvalue weighted by molar-refractivity contribution is 1.18. The molecule has 11 aromatic rings. The van der Waals surface area contributed by atoms with E-state index in [1.165, 1.54) is 69.5 Å². The first-order chi connectivity index (χ1) is 27.3. The molecule has 2 heterocycles. The minimum Gasteiger partial charge on any atom is -0.309 e. The average molecular weight is 719 g/mol. The molecule has 0 atom stereocenters. The molecule has 0 bridgehead atoms. The van der Waals surface area contributed by atoms with Gasteiger partial charge in [-0.3, -0.25) is 0 Å². The zero-order chi connectivity index (χ0) is 36.3. The topological polar surface area (TPSA) is 8.17 Å². The molecule has 9 aromatic carbocycles. The van der Waals surface area contributed by atoms with Gasteiger partial charge in [-0.15, -0.1) is 11.3 Å². The van der Waals surface area contributed by atoms with Gasteiger partial charge >= 0.3 is 0 Å². The van der Waals surface area contributed by atoms with E-state index in [0.717, 1.165) is 28.3 Å². The zero-order valence-corrected chi connectivity index (χ0v) is 30.7. The lowest BCUT2D eigenvalue weighted by atomic mass is 10.00. The molecule has 55 heavy (non-hydrogen) atoms. The molecule has 0 amide bonds. The third kappa shape index (κ3) is 5.16. The van der Waals surface area contributed by atoms with Gasteiger partial charge in [-0.25, -0.2) is 0 Å². The van der Waals surface area contributed by atoms with Gasteiger partial charge in [0.15, 0.2) is 0 Å². The normalized spacial score (nSPS) is 11.6. The number of aromatic nitrogens is 1. The van der Waals surface area contributed by atoms with E-state index in [1.807, 2.05) is 11.3 Å². The van der Waals surface area contributed by atoms with Crippen molar-refractivity contribution in [1.29, 1.82) is 0 Å². The van der Waals surface area contributed by atoms with Gasteiger partial charge in [-0.05, 0) is 71.1 Å². The summed E-state index contributed by atoms with van der Waals surface area (Å²) in [6.45, 7) is 0. The summed E-state index contributed by atoms with van der Waals surface area (Å²) in [7, 11) is 0. The molecule has 0 fully saturated rings. The van der Waals surface area contributed by atoms with Crippen molar-refractivity contribution in [1.82, 2.24) is 4.57 Å². The molecule has 0 saturated heterocycles. The number of benzene rings is 9. The highest BCUT2D eigenvalue weighted by molar-refractivity contribution is 7.25. The Morgan fingerprint density at radius 2 is 1.02 bits per heavy atom. The van der Waals surface area contributed by atoms with Crippen molar-refractivity contribution >= 4 is 81.1 Å². The van der Waals surface area contributed by atoms with Gasteiger partial charge in [-0.1, -0.05) is 152 Å². The number of fused-ring (bicyclic) bond motifs is 7. The molecule has 11 rings (SSSR count). The smallest absolute Gasteiger partial charge is 0.0562 e. The van der Waals surface area contributed by atoms with Crippen LogP contribution in [0.25, 0.3) is 80.7 Å². The molecule has 0 aliphatic rings. The van der Waals surface area contributed by atoms with E-state index in [1.54, 1.807) is 0 Å². The Bertz CT molecular complexity index is 3220. The van der Waals surface area contributed by atoms with Crippen LogP contribution in [-0.4, -0.2) is 4.57 Å². The van der Waals surface area contributed by atoms with Crippen LogP contribution in [0.3, 0.4) is 0 Å². The Kier molecular flexibility index (Phi) is 7.39. The summed E-state index contributed by atoms with van der Waals surface area (Å²) in [5, 5.41) is 7.49. The molecule has 0 unspecified atom stereocenters. The molecular formula is C52H34N2S. The molecule has 0 N–H and O–H groups in total. The van der Waals surface area contributed by atoms with Crippen LogP contribution in [0.4, 0.5) is 17.1 Å². The fraction of sp³-hybridized carbons (Fsp3) is 0. The Morgan fingerprint density at radius 1 is 0.364 bits per heavy atom. The first kappa shape index (κ1) is 31.6. The minimum absolute atomic E-state index is 1.10.